The van der Waals surface area contributed by atoms with E-state index in [1.165, 1.54) is 0 Å². The summed E-state index contributed by atoms with van der Waals surface area (Å²) in [5, 5.41) is 13.1. The molecule has 3 N–H and O–H groups in total. The Morgan fingerprint density at radius 3 is 2.58 bits per heavy atom. The van der Waals surface area contributed by atoms with E-state index in [4.69, 9.17) is 9.47 Å². The smallest absolute Gasteiger partial charge is 0.408 e. The van der Waals surface area contributed by atoms with Crippen LogP contribution in [-0.2, 0) is 19.8 Å². The highest BCUT2D eigenvalue weighted by atomic mass is 16.6. The third-order valence-electron chi connectivity index (χ3n) is 6.16. The van der Waals surface area contributed by atoms with Crippen molar-refractivity contribution in [3.63, 3.8) is 0 Å². The zero-order valence-electron chi connectivity index (χ0n) is 18.0. The van der Waals surface area contributed by atoms with Crippen molar-refractivity contribution in [2.45, 2.75) is 57.1 Å². The van der Waals surface area contributed by atoms with Gasteiger partial charge in [-0.15, -0.1) is 0 Å². The molecule has 0 atom stereocenters. The maximum Gasteiger partial charge on any atom is 0.408 e. The number of aromatic nitrogens is 2. The van der Waals surface area contributed by atoms with E-state index in [1.807, 2.05) is 50.2 Å². The van der Waals surface area contributed by atoms with E-state index in [1.54, 1.807) is 0 Å². The van der Waals surface area contributed by atoms with Gasteiger partial charge < -0.3 is 20.1 Å². The Labute approximate surface area is 182 Å². The van der Waals surface area contributed by atoms with Crippen LogP contribution in [0.15, 0.2) is 36.4 Å². The minimum Gasteiger partial charge on any atom is -0.446 e. The lowest BCUT2D eigenvalue weighted by Crippen LogP contribution is -2.44. The molecule has 166 valence electrons. The second kappa shape index (κ2) is 9.09. The van der Waals surface area contributed by atoms with E-state index < -0.39 is 11.6 Å². The number of carbonyl (C=O) groups excluding carboxylic acids is 2. The summed E-state index contributed by atoms with van der Waals surface area (Å²) in [6.45, 7) is 5.16. The third kappa shape index (κ3) is 5.25. The van der Waals surface area contributed by atoms with Crippen molar-refractivity contribution in [2.75, 3.05) is 18.5 Å². The molecule has 1 aromatic heterocycles. The van der Waals surface area contributed by atoms with Crippen molar-refractivity contribution >= 4 is 17.8 Å². The summed E-state index contributed by atoms with van der Waals surface area (Å²) in [5.74, 6) is 0.752. The van der Waals surface area contributed by atoms with Gasteiger partial charge >= 0.3 is 6.09 Å². The van der Waals surface area contributed by atoms with Gasteiger partial charge in [0, 0.05) is 36.8 Å². The van der Waals surface area contributed by atoms with E-state index in [9.17, 15) is 9.59 Å². The monoisotopic (exact) mass is 426 g/mol. The fourth-order valence-corrected chi connectivity index (χ4v) is 4.08. The lowest BCUT2D eigenvalue weighted by atomic mass is 9.80. The lowest BCUT2D eigenvalue weighted by molar-refractivity contribution is -0.122. The van der Waals surface area contributed by atoms with Crippen LogP contribution in [0.1, 0.15) is 56.7 Å². The lowest BCUT2D eigenvalue weighted by Gasteiger charge is -2.35. The summed E-state index contributed by atoms with van der Waals surface area (Å²) < 4.78 is 10.9. The van der Waals surface area contributed by atoms with Crippen LogP contribution >= 0.6 is 0 Å². The van der Waals surface area contributed by atoms with Crippen LogP contribution in [0, 0.1) is 5.92 Å². The SMILES string of the molecule is CC(C)(NC(=O)O[C@H]1C[C@@H](c2cc(NC(=O)C3CCOCC3)n[nH]2)C1)c1ccccc1. The van der Waals surface area contributed by atoms with Crippen LogP contribution in [0.2, 0.25) is 0 Å². The van der Waals surface area contributed by atoms with E-state index in [0.717, 1.165) is 36.9 Å². The van der Waals surface area contributed by atoms with Crippen molar-refractivity contribution < 1.29 is 19.1 Å². The highest BCUT2D eigenvalue weighted by molar-refractivity contribution is 5.91. The van der Waals surface area contributed by atoms with Gasteiger partial charge in [-0.05, 0) is 45.1 Å². The Hall–Kier alpha value is -2.87. The summed E-state index contributed by atoms with van der Waals surface area (Å²) in [7, 11) is 0. The van der Waals surface area contributed by atoms with Gasteiger partial charge in [0.25, 0.3) is 0 Å². The van der Waals surface area contributed by atoms with E-state index in [-0.39, 0.29) is 23.8 Å². The first-order valence-electron chi connectivity index (χ1n) is 10.9. The zero-order valence-corrected chi connectivity index (χ0v) is 18.0. The van der Waals surface area contributed by atoms with Crippen LogP contribution in [-0.4, -0.2) is 41.5 Å². The molecule has 1 aliphatic heterocycles. The van der Waals surface area contributed by atoms with Gasteiger partial charge in [-0.2, -0.15) is 5.10 Å². The van der Waals surface area contributed by atoms with Gasteiger partial charge in [-0.1, -0.05) is 30.3 Å². The molecule has 1 aromatic carbocycles. The molecule has 8 heteroatoms. The quantitative estimate of drug-likeness (QED) is 0.653. The minimum atomic E-state index is -0.511. The number of hydrogen-bond acceptors (Lipinski definition) is 5. The van der Waals surface area contributed by atoms with Crippen molar-refractivity contribution in [1.29, 1.82) is 0 Å². The maximum atomic E-state index is 12.3. The van der Waals surface area contributed by atoms with Crippen LogP contribution in [0.4, 0.5) is 10.6 Å². The molecular formula is C23H30N4O4. The minimum absolute atomic E-state index is 0.00567. The zero-order chi connectivity index (χ0) is 21.8. The Balaban J connectivity index is 1.22. The van der Waals surface area contributed by atoms with Gasteiger partial charge in [0.15, 0.2) is 5.82 Å². The molecule has 4 rings (SSSR count). The highest BCUT2D eigenvalue weighted by Crippen LogP contribution is 2.38. The van der Waals surface area contributed by atoms with Crippen molar-refractivity contribution in [3.8, 4) is 0 Å². The molecule has 0 radical (unpaired) electrons. The Morgan fingerprint density at radius 1 is 1.16 bits per heavy atom. The molecule has 2 aromatic rings. The summed E-state index contributed by atoms with van der Waals surface area (Å²) in [5.41, 5.74) is 1.46. The fourth-order valence-electron chi connectivity index (χ4n) is 4.08. The number of ether oxygens (including phenoxy) is 2. The molecule has 1 saturated carbocycles. The molecule has 31 heavy (non-hydrogen) atoms. The number of aromatic amines is 1. The number of alkyl carbamates (subject to hydrolysis) is 1. The average Bonchev–Trinajstić information content (AvgIpc) is 3.19. The average molecular weight is 427 g/mol. The standard InChI is InChI=1S/C23H30N4O4/c1-23(2,17-6-4-3-5-7-17)25-22(29)31-18-12-16(13-18)19-14-20(27-26-19)24-21(28)15-8-10-30-11-9-15/h3-7,14-16,18H,8-13H2,1-2H3,(H,25,29)(H2,24,26,27,28)/t16-,18+. The number of anilines is 1. The van der Waals surface area contributed by atoms with Crippen molar-refractivity contribution in [1.82, 2.24) is 15.5 Å². The van der Waals surface area contributed by atoms with Gasteiger partial charge in [0.1, 0.15) is 6.10 Å². The van der Waals surface area contributed by atoms with Gasteiger partial charge in [-0.25, -0.2) is 4.79 Å². The summed E-state index contributed by atoms with van der Waals surface area (Å²) in [4.78, 5) is 24.7. The first kappa shape index (κ1) is 21.4. The van der Waals surface area contributed by atoms with Crippen LogP contribution in [0.25, 0.3) is 0 Å². The Kier molecular flexibility index (Phi) is 6.27. The number of benzene rings is 1. The second-order valence-electron chi connectivity index (χ2n) is 8.90. The number of amides is 2. The second-order valence-corrected chi connectivity index (χ2v) is 8.90. The largest absolute Gasteiger partial charge is 0.446 e. The Morgan fingerprint density at radius 2 is 1.87 bits per heavy atom. The molecule has 1 aliphatic carbocycles. The first-order chi connectivity index (χ1) is 14.9. The first-order valence-corrected chi connectivity index (χ1v) is 10.9. The third-order valence-corrected chi connectivity index (χ3v) is 6.16. The molecule has 2 amide bonds. The maximum absolute atomic E-state index is 12.3. The molecule has 2 aliphatic rings. The number of rotatable bonds is 6. The Bertz CT molecular complexity index is 899. The molecule has 1 saturated heterocycles. The van der Waals surface area contributed by atoms with Crippen LogP contribution < -0.4 is 10.6 Å². The van der Waals surface area contributed by atoms with Crippen LogP contribution in [0.3, 0.4) is 0 Å². The number of nitrogens with zero attached hydrogens (tertiary/aromatic N) is 1. The molecule has 0 unspecified atom stereocenters. The summed E-state index contributed by atoms with van der Waals surface area (Å²) in [6.07, 6.45) is 2.41. The fraction of sp³-hybridized carbons (Fsp3) is 0.522. The highest BCUT2D eigenvalue weighted by Gasteiger charge is 2.36. The van der Waals surface area contributed by atoms with E-state index >= 15 is 0 Å². The van der Waals surface area contributed by atoms with E-state index in [0.29, 0.717) is 19.0 Å². The number of carbonyl (C=O) groups is 2. The summed E-state index contributed by atoms with van der Waals surface area (Å²) >= 11 is 0. The molecular weight excluding hydrogens is 396 g/mol. The number of nitrogens with one attached hydrogen (secondary N) is 3. The predicted octanol–water partition coefficient (Wildman–Crippen LogP) is 3.68. The van der Waals surface area contributed by atoms with E-state index in [2.05, 4.69) is 20.8 Å². The van der Waals surface area contributed by atoms with Crippen molar-refractivity contribution in [2.24, 2.45) is 5.92 Å². The molecule has 0 spiro atoms. The topological polar surface area (TPSA) is 105 Å². The molecule has 2 fully saturated rings. The normalized spacial score (nSPS) is 21.7. The predicted molar refractivity (Wildman–Crippen MR) is 116 cm³/mol. The molecule has 0 bridgehead atoms. The van der Waals surface area contributed by atoms with Gasteiger partial charge in [-0.3, -0.25) is 9.89 Å². The van der Waals surface area contributed by atoms with Crippen LogP contribution in [0.5, 0.6) is 0 Å². The van der Waals surface area contributed by atoms with Gasteiger partial charge in [0.2, 0.25) is 5.91 Å². The molecule has 8 nitrogen and oxygen atoms in total. The van der Waals surface area contributed by atoms with Gasteiger partial charge in [0.05, 0.1) is 5.54 Å². The number of hydrogen-bond donors (Lipinski definition) is 3. The number of H-pyrrole nitrogens is 1. The van der Waals surface area contributed by atoms with Crippen molar-refractivity contribution in [3.05, 3.63) is 47.7 Å². The molecule has 2 heterocycles. The summed E-state index contributed by atoms with van der Waals surface area (Å²) in [6, 6.07) is 11.7.